The fourth-order valence-electron chi connectivity index (χ4n) is 2.36. The first-order valence-electron chi connectivity index (χ1n) is 7.12. The quantitative estimate of drug-likeness (QED) is 0.475. The van der Waals surface area contributed by atoms with Crippen LogP contribution in [-0.2, 0) is 0 Å². The van der Waals surface area contributed by atoms with Gasteiger partial charge in [-0.05, 0) is 25.7 Å². The maximum atomic E-state index is 5.46. The zero-order chi connectivity index (χ0) is 11.6. The van der Waals surface area contributed by atoms with Gasteiger partial charge in [-0.1, -0.05) is 57.7 Å². The topological polar surface area (TPSA) is 3.24 Å². The molecule has 0 aliphatic carbocycles. The molecule has 1 fully saturated rings. The molecule has 2 heteroatoms. The van der Waals surface area contributed by atoms with E-state index < -0.39 is 0 Å². The van der Waals surface area contributed by atoms with E-state index in [0.717, 1.165) is 6.42 Å². The van der Waals surface area contributed by atoms with Gasteiger partial charge in [-0.3, -0.25) is 0 Å². The lowest BCUT2D eigenvalue weighted by Gasteiger charge is -2.22. The molecule has 1 aliphatic rings. The van der Waals surface area contributed by atoms with Crippen LogP contribution < -0.4 is 0 Å². The molecule has 0 N–H and O–H groups in total. The van der Waals surface area contributed by atoms with Crippen molar-refractivity contribution >= 4 is 17.2 Å². The van der Waals surface area contributed by atoms with Crippen molar-refractivity contribution in [2.24, 2.45) is 0 Å². The largest absolute Gasteiger partial charge is 0.366 e. The summed E-state index contributed by atoms with van der Waals surface area (Å²) in [5, 5.41) is 0. The summed E-state index contributed by atoms with van der Waals surface area (Å²) < 4.78 is 0. The van der Waals surface area contributed by atoms with Crippen LogP contribution in [0.5, 0.6) is 0 Å². The molecule has 1 rings (SSSR count). The molecule has 0 aromatic carbocycles. The van der Waals surface area contributed by atoms with Crippen LogP contribution in [0.3, 0.4) is 0 Å². The molecule has 0 spiro atoms. The van der Waals surface area contributed by atoms with E-state index in [-0.39, 0.29) is 0 Å². The first-order valence-corrected chi connectivity index (χ1v) is 7.53. The predicted molar refractivity (Wildman–Crippen MR) is 76.0 cm³/mol. The highest BCUT2D eigenvalue weighted by Gasteiger charge is 2.12. The molecule has 0 radical (unpaired) electrons. The average Bonchev–Trinajstić information content (AvgIpc) is 2.49. The summed E-state index contributed by atoms with van der Waals surface area (Å²) >= 11 is 5.46. The molecule has 0 bridgehead atoms. The van der Waals surface area contributed by atoms with E-state index in [4.69, 9.17) is 12.2 Å². The number of rotatable bonds is 7. The average molecular weight is 241 g/mol. The number of thiocarbonyl (C=S) groups is 1. The van der Waals surface area contributed by atoms with E-state index in [1.807, 2.05) is 0 Å². The molecule has 94 valence electrons. The van der Waals surface area contributed by atoms with Crippen molar-refractivity contribution < 1.29 is 0 Å². The van der Waals surface area contributed by atoms with Crippen molar-refractivity contribution in [1.82, 2.24) is 4.90 Å². The summed E-state index contributed by atoms with van der Waals surface area (Å²) in [6.45, 7) is 4.70. The third-order valence-electron chi connectivity index (χ3n) is 3.45. The van der Waals surface area contributed by atoms with Gasteiger partial charge in [0.1, 0.15) is 0 Å². The maximum absolute atomic E-state index is 5.46. The van der Waals surface area contributed by atoms with Crippen molar-refractivity contribution in [2.45, 2.75) is 71.1 Å². The standard InChI is InChI=1S/C14H27NS/c1-2-3-4-5-6-9-12-15-13-10-7-8-11-14(15)16/h2-13H2,1H3. The third kappa shape index (κ3) is 5.83. The van der Waals surface area contributed by atoms with Gasteiger partial charge in [0, 0.05) is 13.1 Å². The van der Waals surface area contributed by atoms with Gasteiger partial charge in [0.2, 0.25) is 0 Å². The van der Waals surface area contributed by atoms with Crippen LogP contribution in [0.15, 0.2) is 0 Å². The normalized spacial score (nSPS) is 17.6. The highest BCUT2D eigenvalue weighted by molar-refractivity contribution is 7.80. The second-order valence-corrected chi connectivity index (χ2v) is 5.43. The zero-order valence-corrected chi connectivity index (χ0v) is 11.7. The van der Waals surface area contributed by atoms with Gasteiger partial charge in [0.15, 0.2) is 0 Å². The molecule has 1 heterocycles. The molecule has 0 atom stereocenters. The van der Waals surface area contributed by atoms with Gasteiger partial charge >= 0.3 is 0 Å². The Balaban J connectivity index is 2.04. The second kappa shape index (κ2) is 8.98. The van der Waals surface area contributed by atoms with E-state index in [0.29, 0.717) is 0 Å². The van der Waals surface area contributed by atoms with Gasteiger partial charge in [-0.2, -0.15) is 0 Å². The SMILES string of the molecule is CCCCCCCCN1CCCCCC1=S. The minimum atomic E-state index is 1.16. The summed E-state index contributed by atoms with van der Waals surface area (Å²) in [5.74, 6) is 0. The third-order valence-corrected chi connectivity index (χ3v) is 3.92. The highest BCUT2D eigenvalue weighted by Crippen LogP contribution is 2.14. The number of hydrogen-bond donors (Lipinski definition) is 0. The van der Waals surface area contributed by atoms with Crippen LogP contribution in [0.2, 0.25) is 0 Å². The minimum Gasteiger partial charge on any atom is -0.366 e. The summed E-state index contributed by atoms with van der Waals surface area (Å²) in [4.78, 5) is 3.69. The summed E-state index contributed by atoms with van der Waals surface area (Å²) in [6, 6.07) is 0. The van der Waals surface area contributed by atoms with Gasteiger partial charge in [-0.15, -0.1) is 0 Å². The highest BCUT2D eigenvalue weighted by atomic mass is 32.1. The van der Waals surface area contributed by atoms with Crippen molar-refractivity contribution in [3.05, 3.63) is 0 Å². The molecular weight excluding hydrogens is 214 g/mol. The van der Waals surface area contributed by atoms with Crippen LogP contribution in [0.1, 0.15) is 71.1 Å². The van der Waals surface area contributed by atoms with Crippen LogP contribution in [0.4, 0.5) is 0 Å². The van der Waals surface area contributed by atoms with E-state index in [1.165, 1.54) is 75.9 Å². The van der Waals surface area contributed by atoms with Crippen LogP contribution in [0.25, 0.3) is 0 Å². The Bertz CT molecular complexity index is 191. The molecule has 0 amide bonds. The molecular formula is C14H27NS. The van der Waals surface area contributed by atoms with Gasteiger partial charge in [0.25, 0.3) is 0 Å². The van der Waals surface area contributed by atoms with E-state index in [1.54, 1.807) is 0 Å². The fraction of sp³-hybridized carbons (Fsp3) is 0.929. The lowest BCUT2D eigenvalue weighted by molar-refractivity contribution is 0.402. The Morgan fingerprint density at radius 2 is 1.75 bits per heavy atom. The predicted octanol–water partition coefficient (Wildman–Crippen LogP) is 4.55. The Morgan fingerprint density at radius 3 is 2.56 bits per heavy atom. The molecule has 1 saturated heterocycles. The van der Waals surface area contributed by atoms with Crippen molar-refractivity contribution in [2.75, 3.05) is 13.1 Å². The summed E-state index contributed by atoms with van der Waals surface area (Å²) in [5.41, 5.74) is 0. The summed E-state index contributed by atoms with van der Waals surface area (Å²) in [6.07, 6.45) is 13.5. The summed E-state index contributed by atoms with van der Waals surface area (Å²) in [7, 11) is 0. The lowest BCUT2D eigenvalue weighted by atomic mass is 10.1. The van der Waals surface area contributed by atoms with Gasteiger partial charge in [-0.25, -0.2) is 0 Å². The first-order chi connectivity index (χ1) is 7.84. The first kappa shape index (κ1) is 14.0. The molecule has 0 unspecified atom stereocenters. The Hall–Kier alpha value is -0.110. The molecule has 1 aliphatic heterocycles. The minimum absolute atomic E-state index is 1.16. The number of likely N-dealkylation sites (tertiary alicyclic amines) is 1. The molecule has 0 aromatic heterocycles. The zero-order valence-electron chi connectivity index (χ0n) is 10.8. The van der Waals surface area contributed by atoms with Crippen LogP contribution >= 0.6 is 12.2 Å². The molecule has 16 heavy (non-hydrogen) atoms. The van der Waals surface area contributed by atoms with Gasteiger partial charge in [0.05, 0.1) is 4.99 Å². The molecule has 1 nitrogen and oxygen atoms in total. The Kier molecular flexibility index (Phi) is 7.83. The van der Waals surface area contributed by atoms with Crippen LogP contribution in [0, 0.1) is 0 Å². The fourth-order valence-corrected chi connectivity index (χ4v) is 2.68. The molecule has 0 aromatic rings. The van der Waals surface area contributed by atoms with Crippen LogP contribution in [-0.4, -0.2) is 23.0 Å². The lowest BCUT2D eigenvalue weighted by Crippen LogP contribution is -2.29. The second-order valence-electron chi connectivity index (χ2n) is 4.96. The number of unbranched alkanes of at least 4 members (excludes halogenated alkanes) is 5. The monoisotopic (exact) mass is 241 g/mol. The Morgan fingerprint density at radius 1 is 1.00 bits per heavy atom. The molecule has 0 saturated carbocycles. The number of nitrogens with zero attached hydrogens (tertiary/aromatic N) is 1. The van der Waals surface area contributed by atoms with E-state index >= 15 is 0 Å². The van der Waals surface area contributed by atoms with Crippen molar-refractivity contribution in [3.8, 4) is 0 Å². The van der Waals surface area contributed by atoms with Crippen molar-refractivity contribution in [1.29, 1.82) is 0 Å². The maximum Gasteiger partial charge on any atom is 0.0779 e. The number of hydrogen-bond acceptors (Lipinski definition) is 1. The smallest absolute Gasteiger partial charge is 0.0779 e. The van der Waals surface area contributed by atoms with E-state index in [2.05, 4.69) is 11.8 Å². The van der Waals surface area contributed by atoms with Gasteiger partial charge < -0.3 is 4.90 Å². The van der Waals surface area contributed by atoms with E-state index in [9.17, 15) is 0 Å². The van der Waals surface area contributed by atoms with Crippen molar-refractivity contribution in [3.63, 3.8) is 0 Å². The Labute approximate surface area is 107 Å².